The van der Waals surface area contributed by atoms with Gasteiger partial charge in [-0.25, -0.2) is 4.79 Å². The molecular formula is C16H25NO3. The Morgan fingerprint density at radius 3 is 2.55 bits per heavy atom. The van der Waals surface area contributed by atoms with Crippen molar-refractivity contribution in [1.29, 1.82) is 0 Å². The molecule has 1 N–H and O–H groups in total. The van der Waals surface area contributed by atoms with Crippen molar-refractivity contribution in [3.8, 4) is 5.75 Å². The molecule has 1 rings (SSSR count). The van der Waals surface area contributed by atoms with Gasteiger partial charge in [0.2, 0.25) is 0 Å². The van der Waals surface area contributed by atoms with Gasteiger partial charge in [0.1, 0.15) is 5.75 Å². The minimum atomic E-state index is -0.343. The van der Waals surface area contributed by atoms with E-state index in [1.54, 1.807) is 0 Å². The van der Waals surface area contributed by atoms with Gasteiger partial charge in [-0.3, -0.25) is 0 Å². The number of carbonyl (C=O) groups is 1. The average molecular weight is 279 g/mol. The van der Waals surface area contributed by atoms with Crippen molar-refractivity contribution >= 4 is 5.97 Å². The summed E-state index contributed by atoms with van der Waals surface area (Å²) in [4.78, 5) is 11.5. The van der Waals surface area contributed by atoms with Crippen LogP contribution >= 0.6 is 0 Å². The van der Waals surface area contributed by atoms with Crippen molar-refractivity contribution in [3.63, 3.8) is 0 Å². The predicted molar refractivity (Wildman–Crippen MR) is 79.7 cm³/mol. The Bertz CT molecular complexity index is 416. The Hall–Kier alpha value is -1.55. The molecule has 112 valence electrons. The van der Waals surface area contributed by atoms with Gasteiger partial charge in [0.15, 0.2) is 6.61 Å². The topological polar surface area (TPSA) is 47.6 Å². The zero-order valence-corrected chi connectivity index (χ0v) is 12.8. The first-order valence-corrected chi connectivity index (χ1v) is 7.10. The van der Waals surface area contributed by atoms with E-state index in [-0.39, 0.29) is 18.7 Å². The van der Waals surface area contributed by atoms with Crippen LogP contribution < -0.4 is 10.1 Å². The Kier molecular flexibility index (Phi) is 7.09. The predicted octanol–water partition coefficient (Wildman–Crippen LogP) is 2.76. The molecular weight excluding hydrogens is 254 g/mol. The molecule has 4 nitrogen and oxygen atoms in total. The van der Waals surface area contributed by atoms with E-state index >= 15 is 0 Å². The fourth-order valence-corrected chi connectivity index (χ4v) is 1.72. The summed E-state index contributed by atoms with van der Waals surface area (Å²) in [5.41, 5.74) is 1.05. The van der Waals surface area contributed by atoms with Crippen molar-refractivity contribution in [2.45, 2.75) is 40.3 Å². The summed E-state index contributed by atoms with van der Waals surface area (Å²) in [5, 5.41) is 3.37. The molecule has 0 radical (unpaired) electrons. The minimum absolute atomic E-state index is 0.0562. The number of carbonyl (C=O) groups excluding carboxylic acids is 1. The van der Waals surface area contributed by atoms with Crippen LogP contribution in [-0.2, 0) is 16.1 Å². The molecule has 1 aromatic carbocycles. The lowest BCUT2D eigenvalue weighted by atomic mass is 10.2. The van der Waals surface area contributed by atoms with Crippen LogP contribution in [0.2, 0.25) is 0 Å². The third-order valence-corrected chi connectivity index (χ3v) is 2.55. The van der Waals surface area contributed by atoms with Crippen molar-refractivity contribution in [3.05, 3.63) is 29.8 Å². The molecule has 0 aromatic heterocycles. The van der Waals surface area contributed by atoms with E-state index < -0.39 is 0 Å². The lowest BCUT2D eigenvalue weighted by Crippen LogP contribution is -2.21. The number of hydrogen-bond acceptors (Lipinski definition) is 4. The lowest BCUT2D eigenvalue weighted by Gasteiger charge is -2.13. The standard InChI is InChI=1S/C16H25NO3/c1-12(2)9-17-10-14-7-5-6-8-15(14)19-11-16(18)20-13(3)4/h5-8,12-13,17H,9-11H2,1-4H3. The largest absolute Gasteiger partial charge is 0.482 e. The van der Waals surface area contributed by atoms with Crippen LogP contribution in [0.1, 0.15) is 33.3 Å². The number of ether oxygens (including phenoxy) is 2. The zero-order valence-electron chi connectivity index (χ0n) is 12.8. The van der Waals surface area contributed by atoms with Gasteiger partial charge in [-0.2, -0.15) is 0 Å². The molecule has 0 atom stereocenters. The zero-order chi connectivity index (χ0) is 15.0. The van der Waals surface area contributed by atoms with Crippen molar-refractivity contribution in [2.75, 3.05) is 13.2 Å². The Balaban J connectivity index is 2.50. The summed E-state index contributed by atoms with van der Waals surface area (Å²) >= 11 is 0. The van der Waals surface area contributed by atoms with E-state index in [1.807, 2.05) is 38.1 Å². The van der Waals surface area contributed by atoms with E-state index in [0.29, 0.717) is 5.92 Å². The monoisotopic (exact) mass is 279 g/mol. The van der Waals surface area contributed by atoms with Gasteiger partial charge in [0.05, 0.1) is 6.10 Å². The number of para-hydroxylation sites is 1. The van der Waals surface area contributed by atoms with Crippen LogP contribution in [0.5, 0.6) is 5.75 Å². The third kappa shape index (κ3) is 6.57. The summed E-state index contributed by atoms with van der Waals surface area (Å²) in [6, 6.07) is 7.73. The molecule has 0 saturated heterocycles. The van der Waals surface area contributed by atoms with E-state index in [2.05, 4.69) is 19.2 Å². The molecule has 0 aliphatic heterocycles. The number of benzene rings is 1. The molecule has 0 bridgehead atoms. The number of rotatable bonds is 8. The average Bonchev–Trinajstić information content (AvgIpc) is 2.36. The molecule has 0 aliphatic rings. The molecule has 0 heterocycles. The van der Waals surface area contributed by atoms with Gasteiger partial charge in [-0.1, -0.05) is 32.0 Å². The molecule has 0 amide bonds. The number of esters is 1. The fourth-order valence-electron chi connectivity index (χ4n) is 1.72. The molecule has 20 heavy (non-hydrogen) atoms. The molecule has 0 spiro atoms. The van der Waals surface area contributed by atoms with Gasteiger partial charge in [-0.05, 0) is 32.4 Å². The second-order valence-corrected chi connectivity index (χ2v) is 5.46. The van der Waals surface area contributed by atoms with Crippen LogP contribution in [0, 0.1) is 5.92 Å². The second-order valence-electron chi connectivity index (χ2n) is 5.46. The molecule has 1 aromatic rings. The number of hydrogen-bond donors (Lipinski definition) is 1. The van der Waals surface area contributed by atoms with Crippen molar-refractivity contribution in [2.24, 2.45) is 5.92 Å². The van der Waals surface area contributed by atoms with Gasteiger partial charge >= 0.3 is 5.97 Å². The Morgan fingerprint density at radius 1 is 1.20 bits per heavy atom. The summed E-state index contributed by atoms with van der Waals surface area (Å²) in [6.07, 6.45) is -0.117. The van der Waals surface area contributed by atoms with Crippen molar-refractivity contribution in [1.82, 2.24) is 5.32 Å². The van der Waals surface area contributed by atoms with Crippen LogP contribution in [0.4, 0.5) is 0 Å². The van der Waals surface area contributed by atoms with Crippen LogP contribution in [0.25, 0.3) is 0 Å². The normalized spacial score (nSPS) is 10.9. The van der Waals surface area contributed by atoms with Crippen molar-refractivity contribution < 1.29 is 14.3 Å². The van der Waals surface area contributed by atoms with Gasteiger partial charge in [0.25, 0.3) is 0 Å². The SMILES string of the molecule is CC(C)CNCc1ccccc1OCC(=O)OC(C)C. The molecule has 0 aliphatic carbocycles. The van der Waals surface area contributed by atoms with Crippen LogP contribution in [0.3, 0.4) is 0 Å². The first-order chi connectivity index (χ1) is 9.49. The van der Waals surface area contributed by atoms with Crippen LogP contribution in [0.15, 0.2) is 24.3 Å². The second kappa shape index (κ2) is 8.59. The fraction of sp³-hybridized carbons (Fsp3) is 0.562. The van der Waals surface area contributed by atoms with Gasteiger partial charge in [-0.15, -0.1) is 0 Å². The summed E-state index contributed by atoms with van der Waals surface area (Å²) in [7, 11) is 0. The number of nitrogens with one attached hydrogen (secondary N) is 1. The summed E-state index contributed by atoms with van der Waals surface area (Å²) in [6.45, 7) is 9.59. The maximum Gasteiger partial charge on any atom is 0.344 e. The third-order valence-electron chi connectivity index (χ3n) is 2.55. The smallest absolute Gasteiger partial charge is 0.344 e. The van der Waals surface area contributed by atoms with E-state index in [9.17, 15) is 4.79 Å². The van der Waals surface area contributed by atoms with E-state index in [0.717, 1.165) is 24.4 Å². The first-order valence-electron chi connectivity index (χ1n) is 7.10. The summed E-state index contributed by atoms with van der Waals surface area (Å²) < 4.78 is 10.6. The van der Waals surface area contributed by atoms with Gasteiger partial charge in [0, 0.05) is 12.1 Å². The maximum absolute atomic E-state index is 11.5. The minimum Gasteiger partial charge on any atom is -0.482 e. The maximum atomic E-state index is 11.5. The molecule has 0 unspecified atom stereocenters. The Labute approximate surface area is 121 Å². The highest BCUT2D eigenvalue weighted by Gasteiger charge is 2.09. The lowest BCUT2D eigenvalue weighted by molar-refractivity contribution is -0.149. The summed E-state index contributed by atoms with van der Waals surface area (Å²) in [5.74, 6) is 0.985. The Morgan fingerprint density at radius 2 is 1.90 bits per heavy atom. The van der Waals surface area contributed by atoms with Gasteiger partial charge < -0.3 is 14.8 Å². The highest BCUT2D eigenvalue weighted by Crippen LogP contribution is 2.17. The van der Waals surface area contributed by atoms with Crippen LogP contribution in [-0.4, -0.2) is 25.2 Å². The highest BCUT2D eigenvalue weighted by molar-refractivity contribution is 5.71. The highest BCUT2D eigenvalue weighted by atomic mass is 16.6. The van der Waals surface area contributed by atoms with E-state index in [4.69, 9.17) is 9.47 Å². The first kappa shape index (κ1) is 16.5. The molecule has 4 heteroatoms. The van der Waals surface area contributed by atoms with E-state index in [1.165, 1.54) is 0 Å². The quantitative estimate of drug-likeness (QED) is 0.743. The molecule has 0 saturated carbocycles. The molecule has 0 fully saturated rings.